The van der Waals surface area contributed by atoms with Gasteiger partial charge in [0.15, 0.2) is 9.84 Å². The van der Waals surface area contributed by atoms with E-state index in [4.69, 9.17) is 13.3 Å². The minimum atomic E-state index is -3.36. The molecule has 2 aromatic carbocycles. The first-order valence-corrected chi connectivity index (χ1v) is 12.7. The molecule has 0 saturated carbocycles. The van der Waals surface area contributed by atoms with E-state index in [1.807, 2.05) is 51.1 Å². The van der Waals surface area contributed by atoms with Crippen LogP contribution in [0.2, 0.25) is 6.04 Å². The summed E-state index contributed by atoms with van der Waals surface area (Å²) in [6.07, 6.45) is 0.446. The van der Waals surface area contributed by atoms with Crippen LogP contribution in [0, 0.1) is 0 Å². The SMILES string of the molecule is CCO[Si](CCCS(=O)(=O)c1ccc2ccccc2c1)(OCC)OCC. The number of hydrogen-bond donors (Lipinski definition) is 0. The number of rotatable bonds is 11. The molecule has 0 saturated heterocycles. The summed E-state index contributed by atoms with van der Waals surface area (Å²) in [5, 5.41) is 1.96. The zero-order chi connectivity index (χ0) is 19.0. The molecule has 0 heterocycles. The van der Waals surface area contributed by atoms with Gasteiger partial charge in [0.1, 0.15) is 0 Å². The first-order valence-electron chi connectivity index (χ1n) is 9.09. The average molecular weight is 397 g/mol. The highest BCUT2D eigenvalue weighted by Crippen LogP contribution is 2.23. The van der Waals surface area contributed by atoms with Crippen molar-refractivity contribution in [2.24, 2.45) is 0 Å². The van der Waals surface area contributed by atoms with Crippen LogP contribution < -0.4 is 0 Å². The van der Waals surface area contributed by atoms with E-state index < -0.39 is 18.6 Å². The van der Waals surface area contributed by atoms with Gasteiger partial charge in [0, 0.05) is 25.9 Å². The second-order valence-corrected chi connectivity index (χ2v) is 10.8. The Labute approximate surface area is 157 Å². The van der Waals surface area contributed by atoms with Crippen LogP contribution in [0.5, 0.6) is 0 Å². The van der Waals surface area contributed by atoms with Crippen molar-refractivity contribution in [1.29, 1.82) is 0 Å². The second kappa shape index (κ2) is 9.62. The van der Waals surface area contributed by atoms with Gasteiger partial charge in [-0.25, -0.2) is 8.42 Å². The van der Waals surface area contributed by atoms with Gasteiger partial charge in [-0.1, -0.05) is 30.3 Å². The van der Waals surface area contributed by atoms with Crippen LogP contribution in [0.3, 0.4) is 0 Å². The molecule has 0 aliphatic carbocycles. The van der Waals surface area contributed by atoms with Crippen molar-refractivity contribution >= 4 is 29.4 Å². The molecule has 7 heteroatoms. The molecule has 144 valence electrons. The molecule has 0 aromatic heterocycles. The molecule has 0 spiro atoms. The molecular weight excluding hydrogens is 368 g/mol. The highest BCUT2D eigenvalue weighted by atomic mass is 32.2. The molecular formula is C19H28O5SSi. The Hall–Kier alpha value is -1.25. The fraction of sp³-hybridized carbons (Fsp3) is 0.474. The Morgan fingerprint density at radius 1 is 0.846 bits per heavy atom. The lowest BCUT2D eigenvalue weighted by Crippen LogP contribution is -2.46. The Morgan fingerprint density at radius 2 is 1.42 bits per heavy atom. The van der Waals surface area contributed by atoms with E-state index >= 15 is 0 Å². The summed E-state index contributed by atoms with van der Waals surface area (Å²) in [6, 6.07) is 13.5. The predicted molar refractivity (Wildman–Crippen MR) is 106 cm³/mol. The standard InChI is InChI=1S/C19H28O5SSi/c1-4-22-26(23-5-2,24-6-3)15-9-14-25(20,21)19-13-12-17-10-7-8-11-18(17)16-19/h7-8,10-13,16H,4-6,9,14-15H2,1-3H3. The van der Waals surface area contributed by atoms with Crippen LogP contribution in [0.25, 0.3) is 10.8 Å². The van der Waals surface area contributed by atoms with Gasteiger partial charge in [0.05, 0.1) is 10.6 Å². The molecule has 0 amide bonds. The van der Waals surface area contributed by atoms with Gasteiger partial charge < -0.3 is 13.3 Å². The van der Waals surface area contributed by atoms with Crippen LogP contribution in [-0.4, -0.2) is 42.8 Å². The third-order valence-electron chi connectivity index (χ3n) is 4.07. The second-order valence-electron chi connectivity index (χ2n) is 5.91. The van der Waals surface area contributed by atoms with Gasteiger partial charge in [-0.15, -0.1) is 0 Å². The molecule has 0 bridgehead atoms. The van der Waals surface area contributed by atoms with Gasteiger partial charge in [-0.2, -0.15) is 0 Å². The van der Waals surface area contributed by atoms with E-state index in [0.29, 0.717) is 37.2 Å². The maximum Gasteiger partial charge on any atom is 0.500 e. The van der Waals surface area contributed by atoms with E-state index in [9.17, 15) is 8.42 Å². The largest absolute Gasteiger partial charge is 0.500 e. The van der Waals surface area contributed by atoms with Crippen LogP contribution in [0.1, 0.15) is 27.2 Å². The predicted octanol–water partition coefficient (Wildman–Crippen LogP) is 4.05. The molecule has 0 aliphatic rings. The minimum absolute atomic E-state index is 0.0489. The van der Waals surface area contributed by atoms with Crippen molar-refractivity contribution in [3.05, 3.63) is 42.5 Å². The first kappa shape index (κ1) is 21.1. The van der Waals surface area contributed by atoms with E-state index in [1.54, 1.807) is 12.1 Å². The van der Waals surface area contributed by atoms with E-state index in [0.717, 1.165) is 10.8 Å². The molecule has 26 heavy (non-hydrogen) atoms. The number of fused-ring (bicyclic) bond motifs is 1. The number of benzene rings is 2. The van der Waals surface area contributed by atoms with E-state index in [2.05, 4.69) is 0 Å². The molecule has 5 nitrogen and oxygen atoms in total. The van der Waals surface area contributed by atoms with Crippen molar-refractivity contribution < 1.29 is 21.7 Å². The normalized spacial score (nSPS) is 12.6. The molecule has 0 atom stereocenters. The zero-order valence-electron chi connectivity index (χ0n) is 15.7. The van der Waals surface area contributed by atoms with Crippen molar-refractivity contribution in [2.45, 2.75) is 38.1 Å². The highest BCUT2D eigenvalue weighted by molar-refractivity contribution is 7.91. The Bertz CT molecular complexity index is 789. The molecule has 2 rings (SSSR count). The third-order valence-corrected chi connectivity index (χ3v) is 9.02. The summed E-state index contributed by atoms with van der Waals surface area (Å²) in [5.74, 6) is 0.0489. The van der Waals surface area contributed by atoms with Crippen molar-refractivity contribution in [1.82, 2.24) is 0 Å². The van der Waals surface area contributed by atoms with Crippen molar-refractivity contribution in [3.8, 4) is 0 Å². The maximum absolute atomic E-state index is 12.7. The summed E-state index contributed by atoms with van der Waals surface area (Å²) in [5.41, 5.74) is 0. The van der Waals surface area contributed by atoms with Gasteiger partial charge in [-0.05, 0) is 50.1 Å². The molecule has 2 aromatic rings. The quantitative estimate of drug-likeness (QED) is 0.536. The van der Waals surface area contributed by atoms with Gasteiger partial charge in [-0.3, -0.25) is 0 Å². The smallest absolute Gasteiger partial charge is 0.374 e. The Kier molecular flexibility index (Phi) is 7.79. The summed E-state index contributed by atoms with van der Waals surface area (Å²) in [7, 11) is -6.17. The van der Waals surface area contributed by atoms with Crippen molar-refractivity contribution in [2.75, 3.05) is 25.6 Å². The summed E-state index contributed by atoms with van der Waals surface area (Å²) >= 11 is 0. The van der Waals surface area contributed by atoms with Crippen LogP contribution in [0.15, 0.2) is 47.4 Å². The third kappa shape index (κ3) is 5.37. The number of hydrogen-bond acceptors (Lipinski definition) is 5. The van der Waals surface area contributed by atoms with Crippen LogP contribution >= 0.6 is 0 Å². The lowest BCUT2D eigenvalue weighted by atomic mass is 10.1. The monoisotopic (exact) mass is 396 g/mol. The molecule has 0 fully saturated rings. The Morgan fingerprint density at radius 3 is 2.00 bits per heavy atom. The lowest BCUT2D eigenvalue weighted by molar-refractivity contribution is 0.0712. The van der Waals surface area contributed by atoms with Gasteiger partial charge >= 0.3 is 8.80 Å². The van der Waals surface area contributed by atoms with E-state index in [-0.39, 0.29) is 5.75 Å². The van der Waals surface area contributed by atoms with Gasteiger partial charge in [0.25, 0.3) is 0 Å². The van der Waals surface area contributed by atoms with E-state index in [1.165, 1.54) is 0 Å². The summed E-state index contributed by atoms with van der Waals surface area (Å²) in [4.78, 5) is 0.354. The average Bonchev–Trinajstić information content (AvgIpc) is 2.62. The lowest BCUT2D eigenvalue weighted by Gasteiger charge is -2.28. The topological polar surface area (TPSA) is 61.8 Å². The maximum atomic E-state index is 12.7. The number of sulfone groups is 1. The summed E-state index contributed by atoms with van der Waals surface area (Å²) < 4.78 is 42.8. The first-order chi connectivity index (χ1) is 12.5. The van der Waals surface area contributed by atoms with Crippen LogP contribution in [0.4, 0.5) is 0 Å². The molecule has 0 unspecified atom stereocenters. The molecule has 0 radical (unpaired) electrons. The highest BCUT2D eigenvalue weighted by Gasteiger charge is 2.40. The molecule has 0 aliphatic heterocycles. The minimum Gasteiger partial charge on any atom is -0.374 e. The zero-order valence-corrected chi connectivity index (χ0v) is 17.6. The molecule has 0 N–H and O–H groups in total. The van der Waals surface area contributed by atoms with Crippen molar-refractivity contribution in [3.63, 3.8) is 0 Å². The van der Waals surface area contributed by atoms with Gasteiger partial charge in [0.2, 0.25) is 0 Å². The van der Waals surface area contributed by atoms with Crippen LogP contribution in [-0.2, 0) is 23.1 Å². The summed E-state index contributed by atoms with van der Waals surface area (Å²) in [6.45, 7) is 7.15. The Balaban J connectivity index is 2.09. The fourth-order valence-corrected chi connectivity index (χ4v) is 7.17. The fourth-order valence-electron chi connectivity index (χ4n) is 2.96.